The molecule has 0 atom stereocenters. The Morgan fingerprint density at radius 2 is 0.958 bits per heavy atom. The maximum absolute atomic E-state index is 10.7. The van der Waals surface area contributed by atoms with Gasteiger partial charge in [0, 0.05) is 65.2 Å². The normalized spacial score (nSPS) is 8.83. The van der Waals surface area contributed by atoms with Crippen molar-refractivity contribution in [3.63, 3.8) is 0 Å². The first-order valence-corrected chi connectivity index (χ1v) is 8.26. The molecular weight excluding hydrogens is 471 g/mol. The van der Waals surface area contributed by atoms with Gasteiger partial charge in [-0.2, -0.15) is 9.78 Å². The maximum Gasteiger partial charge on any atom is 0.342 e. The van der Waals surface area contributed by atoms with Crippen LogP contribution in [0.25, 0.3) is 0 Å². The molecule has 0 saturated carbocycles. The molecule has 0 fully saturated rings. The average molecular weight is 503 g/mol. The molecular formula is C16H32O6Zr2. The van der Waals surface area contributed by atoms with E-state index < -0.39 is 0 Å². The molecule has 24 heavy (non-hydrogen) atoms. The molecule has 0 amide bonds. The van der Waals surface area contributed by atoms with Crippen molar-refractivity contribution in [2.45, 2.75) is 79.1 Å². The van der Waals surface area contributed by atoms with Gasteiger partial charge in [-0.15, -0.1) is 0 Å². The molecule has 0 N–H and O–H groups in total. The zero-order chi connectivity index (χ0) is 17.1. The molecule has 0 aromatic carbocycles. The number of hydrogen-bond donors (Lipinski definition) is 0. The summed E-state index contributed by atoms with van der Waals surface area (Å²) in [6.45, 7) is 8.97. The van der Waals surface area contributed by atoms with Crippen LogP contribution in [0.5, 0.6) is 0 Å². The van der Waals surface area contributed by atoms with Gasteiger partial charge in [0.2, 0.25) is 0 Å². The molecule has 140 valence electrons. The quantitative estimate of drug-likeness (QED) is 0.227. The van der Waals surface area contributed by atoms with E-state index >= 15 is 0 Å². The van der Waals surface area contributed by atoms with E-state index in [9.17, 15) is 9.59 Å². The first-order chi connectivity index (χ1) is 10.6. The predicted octanol–water partition coefficient (Wildman–Crippen LogP) is 4.12. The van der Waals surface area contributed by atoms with Crippen molar-refractivity contribution in [1.29, 1.82) is 0 Å². The van der Waals surface area contributed by atoms with Gasteiger partial charge in [0.25, 0.3) is 0 Å². The van der Waals surface area contributed by atoms with Gasteiger partial charge in [-0.25, -0.2) is 9.59 Å². The van der Waals surface area contributed by atoms with Crippen LogP contribution in [0.15, 0.2) is 0 Å². The molecule has 0 aromatic heterocycles. The molecule has 0 bridgehead atoms. The Morgan fingerprint density at radius 3 is 1.21 bits per heavy atom. The molecule has 6 nitrogen and oxygen atoms in total. The van der Waals surface area contributed by atoms with Crippen LogP contribution in [0, 0.1) is 0 Å². The van der Waals surface area contributed by atoms with Crippen LogP contribution in [-0.4, -0.2) is 25.2 Å². The van der Waals surface area contributed by atoms with Gasteiger partial charge < -0.3 is 0 Å². The summed E-state index contributed by atoms with van der Waals surface area (Å²) in [5.74, 6) is -0.549. The predicted molar refractivity (Wildman–Crippen MR) is 83.7 cm³/mol. The minimum absolute atomic E-state index is 0. The van der Waals surface area contributed by atoms with Crippen molar-refractivity contribution in [3.05, 3.63) is 0 Å². The molecule has 0 rings (SSSR count). The van der Waals surface area contributed by atoms with Gasteiger partial charge in [0.1, 0.15) is 0 Å². The third-order valence-corrected chi connectivity index (χ3v) is 2.37. The van der Waals surface area contributed by atoms with Crippen molar-refractivity contribution in [2.75, 3.05) is 13.2 Å². The zero-order valence-corrected chi connectivity index (χ0v) is 20.4. The largest absolute Gasteiger partial charge is 0.342 e. The van der Waals surface area contributed by atoms with Gasteiger partial charge in [0.15, 0.2) is 0 Å². The average Bonchev–Trinajstić information content (AvgIpc) is 2.49. The van der Waals surface area contributed by atoms with E-state index in [1.807, 2.05) is 13.8 Å². The molecule has 0 spiro atoms. The molecule has 0 aromatic rings. The smallest absolute Gasteiger partial charge is 0.298 e. The molecule has 0 aliphatic carbocycles. The number of hydrogen-bond acceptors (Lipinski definition) is 6. The summed E-state index contributed by atoms with van der Waals surface area (Å²) in [6.07, 6.45) is 6.43. The molecule has 0 aliphatic heterocycles. The van der Waals surface area contributed by atoms with E-state index in [1.165, 1.54) is 0 Å². The van der Waals surface area contributed by atoms with Crippen LogP contribution >= 0.6 is 0 Å². The molecule has 0 heterocycles. The second-order valence-corrected chi connectivity index (χ2v) is 4.76. The number of rotatable bonds is 12. The fraction of sp³-hybridized carbons (Fsp3) is 0.875. The van der Waals surface area contributed by atoms with E-state index in [0.717, 1.165) is 38.5 Å². The van der Waals surface area contributed by atoms with E-state index in [4.69, 9.17) is 0 Å². The zero-order valence-electron chi connectivity index (χ0n) is 15.5. The van der Waals surface area contributed by atoms with E-state index in [-0.39, 0.29) is 64.3 Å². The van der Waals surface area contributed by atoms with Crippen molar-refractivity contribution in [1.82, 2.24) is 0 Å². The maximum atomic E-state index is 10.7. The van der Waals surface area contributed by atoms with Crippen LogP contribution in [0.3, 0.4) is 0 Å². The summed E-state index contributed by atoms with van der Waals surface area (Å²) >= 11 is 0. The third-order valence-electron chi connectivity index (χ3n) is 2.37. The summed E-state index contributed by atoms with van der Waals surface area (Å²) in [7, 11) is 0. The molecule has 0 saturated heterocycles. The van der Waals surface area contributed by atoms with Crippen LogP contribution in [0.2, 0.25) is 0 Å². The second-order valence-electron chi connectivity index (χ2n) is 4.76. The summed E-state index contributed by atoms with van der Waals surface area (Å²) in [6, 6.07) is 0. The summed E-state index contributed by atoms with van der Waals surface area (Å²) in [5.41, 5.74) is 0. The first kappa shape index (κ1) is 32.3. The van der Waals surface area contributed by atoms with Crippen molar-refractivity contribution in [2.24, 2.45) is 0 Å². The van der Waals surface area contributed by atoms with Gasteiger partial charge in [-0.3, -0.25) is 9.78 Å². The Balaban J connectivity index is -0.000000154. The minimum atomic E-state index is -0.274. The number of carbonyl (C=O) groups is 2. The van der Waals surface area contributed by atoms with E-state index in [1.54, 1.807) is 0 Å². The van der Waals surface area contributed by atoms with Crippen LogP contribution in [0.1, 0.15) is 79.1 Å². The van der Waals surface area contributed by atoms with Crippen LogP contribution in [0.4, 0.5) is 0 Å². The van der Waals surface area contributed by atoms with Gasteiger partial charge in [0.05, 0.1) is 13.2 Å². The van der Waals surface area contributed by atoms with Crippen molar-refractivity contribution < 1.29 is 81.5 Å². The Bertz CT molecular complexity index is 239. The van der Waals surface area contributed by atoms with Crippen LogP contribution in [-0.2, 0) is 81.5 Å². The Hall–Kier alpha value is 0.626. The van der Waals surface area contributed by atoms with Crippen LogP contribution < -0.4 is 0 Å². The van der Waals surface area contributed by atoms with Crippen molar-refractivity contribution >= 4 is 11.9 Å². The molecule has 0 aliphatic rings. The number of unbranched alkanes of at least 4 members (excludes halogenated alkanes) is 2. The van der Waals surface area contributed by atoms with Gasteiger partial charge >= 0.3 is 11.9 Å². The minimum Gasteiger partial charge on any atom is -0.298 e. The number of carbonyl (C=O) groups excluding carboxylic acids is 2. The fourth-order valence-corrected chi connectivity index (χ4v) is 1.11. The topological polar surface area (TPSA) is 71.1 Å². The monoisotopic (exact) mass is 500 g/mol. The molecule has 0 radical (unpaired) electrons. The van der Waals surface area contributed by atoms with Gasteiger partial charge in [-0.05, 0) is 25.7 Å². The first-order valence-electron chi connectivity index (χ1n) is 8.26. The molecule has 0 unspecified atom stereocenters. The summed E-state index contributed by atoms with van der Waals surface area (Å²) < 4.78 is 0. The standard InChI is InChI=1S/2C8H16O3.2Zr/c2*1-3-5-7-10-11-8(9)6-4-2;;/h2*3-7H2,1-2H3;;. The van der Waals surface area contributed by atoms with Gasteiger partial charge in [-0.1, -0.05) is 40.5 Å². The Morgan fingerprint density at radius 1 is 0.625 bits per heavy atom. The fourth-order valence-electron chi connectivity index (χ4n) is 1.11. The second kappa shape index (κ2) is 28.4. The van der Waals surface area contributed by atoms with Crippen molar-refractivity contribution in [3.8, 4) is 0 Å². The Labute approximate surface area is 184 Å². The van der Waals surface area contributed by atoms with E-state index in [2.05, 4.69) is 33.4 Å². The summed E-state index contributed by atoms with van der Waals surface area (Å²) in [4.78, 5) is 39.5. The third kappa shape index (κ3) is 30.5. The Kier molecular flexibility index (Phi) is 38.3. The summed E-state index contributed by atoms with van der Waals surface area (Å²) in [5, 5.41) is 0. The van der Waals surface area contributed by atoms with E-state index in [0.29, 0.717) is 26.1 Å². The molecule has 8 heteroatoms. The SMILES string of the molecule is CCCCOOC(=O)CCC.CCCCOOC(=O)CCC.[Zr].[Zr].